The summed E-state index contributed by atoms with van der Waals surface area (Å²) in [6.45, 7) is 4.86. The van der Waals surface area contributed by atoms with Gasteiger partial charge in [-0.25, -0.2) is 4.79 Å². The van der Waals surface area contributed by atoms with Gasteiger partial charge in [0.05, 0.1) is 14.2 Å². The molecule has 1 fully saturated rings. The Kier molecular flexibility index (Phi) is 8.50. The standard InChI is InChI=1S/C25H34N4O3/c1-18-14-21(12-13-29(18)17-19-8-6-5-7-9-19)28-25(26-2)27-16-20-10-11-23(31-3)22(15-20)24(30)32-4/h5-11,15,18,21H,12-14,16-17H2,1-4H3,(H2,26,27,28). The van der Waals surface area contributed by atoms with Gasteiger partial charge in [-0.15, -0.1) is 0 Å². The smallest absolute Gasteiger partial charge is 0.341 e. The highest BCUT2D eigenvalue weighted by Gasteiger charge is 2.26. The first-order valence-electron chi connectivity index (χ1n) is 11.0. The van der Waals surface area contributed by atoms with Gasteiger partial charge in [-0.3, -0.25) is 9.89 Å². The van der Waals surface area contributed by atoms with E-state index in [4.69, 9.17) is 9.47 Å². The summed E-state index contributed by atoms with van der Waals surface area (Å²) in [6.07, 6.45) is 2.12. The van der Waals surface area contributed by atoms with Crippen LogP contribution in [0.4, 0.5) is 0 Å². The van der Waals surface area contributed by atoms with Crippen molar-refractivity contribution in [2.24, 2.45) is 4.99 Å². The monoisotopic (exact) mass is 438 g/mol. The fraction of sp³-hybridized carbons (Fsp3) is 0.440. The molecule has 0 saturated carbocycles. The van der Waals surface area contributed by atoms with Gasteiger partial charge in [0.25, 0.3) is 0 Å². The zero-order valence-electron chi connectivity index (χ0n) is 19.4. The average molecular weight is 439 g/mol. The van der Waals surface area contributed by atoms with Crippen molar-refractivity contribution in [1.29, 1.82) is 0 Å². The number of rotatable bonds is 7. The molecule has 32 heavy (non-hydrogen) atoms. The van der Waals surface area contributed by atoms with Gasteiger partial charge in [0, 0.05) is 38.8 Å². The minimum atomic E-state index is -0.414. The number of likely N-dealkylation sites (tertiary alicyclic amines) is 1. The molecule has 2 aromatic rings. The van der Waals surface area contributed by atoms with E-state index in [9.17, 15) is 4.79 Å². The molecule has 1 saturated heterocycles. The molecule has 0 bridgehead atoms. The largest absolute Gasteiger partial charge is 0.496 e. The van der Waals surface area contributed by atoms with Crippen LogP contribution >= 0.6 is 0 Å². The molecule has 0 spiro atoms. The molecule has 2 aromatic carbocycles. The average Bonchev–Trinajstić information content (AvgIpc) is 2.83. The summed E-state index contributed by atoms with van der Waals surface area (Å²) in [6, 6.07) is 17.0. The van der Waals surface area contributed by atoms with E-state index in [1.54, 1.807) is 19.2 Å². The van der Waals surface area contributed by atoms with Crippen molar-refractivity contribution in [2.45, 2.75) is 44.9 Å². The lowest BCUT2D eigenvalue weighted by Gasteiger charge is -2.38. The number of nitrogens with one attached hydrogen (secondary N) is 2. The van der Waals surface area contributed by atoms with E-state index in [-0.39, 0.29) is 0 Å². The number of piperidine rings is 1. The Bertz CT molecular complexity index is 917. The normalized spacial score (nSPS) is 19.3. The van der Waals surface area contributed by atoms with E-state index in [2.05, 4.69) is 57.8 Å². The minimum absolute atomic E-state index is 0.365. The quantitative estimate of drug-likeness (QED) is 0.393. The lowest BCUT2D eigenvalue weighted by molar-refractivity contribution is 0.0597. The third-order valence-electron chi connectivity index (χ3n) is 5.94. The number of benzene rings is 2. The molecule has 0 amide bonds. The van der Waals surface area contributed by atoms with Crippen molar-refractivity contribution in [3.05, 3.63) is 65.2 Å². The highest BCUT2D eigenvalue weighted by molar-refractivity contribution is 5.92. The lowest BCUT2D eigenvalue weighted by atomic mass is 9.97. The van der Waals surface area contributed by atoms with Crippen molar-refractivity contribution in [3.63, 3.8) is 0 Å². The van der Waals surface area contributed by atoms with Gasteiger partial charge in [0.2, 0.25) is 0 Å². The Morgan fingerprint density at radius 2 is 1.94 bits per heavy atom. The summed E-state index contributed by atoms with van der Waals surface area (Å²) >= 11 is 0. The molecule has 172 valence electrons. The fourth-order valence-corrected chi connectivity index (χ4v) is 4.11. The SMILES string of the molecule is CN=C(NCc1ccc(OC)c(C(=O)OC)c1)NC1CCN(Cc2ccccc2)C(C)C1. The van der Waals surface area contributed by atoms with E-state index in [1.165, 1.54) is 19.8 Å². The van der Waals surface area contributed by atoms with Crippen LogP contribution in [-0.2, 0) is 17.8 Å². The van der Waals surface area contributed by atoms with Crippen molar-refractivity contribution >= 4 is 11.9 Å². The number of hydrogen-bond donors (Lipinski definition) is 2. The number of guanidine groups is 1. The third kappa shape index (κ3) is 6.23. The van der Waals surface area contributed by atoms with Gasteiger partial charge < -0.3 is 20.1 Å². The second-order valence-corrected chi connectivity index (χ2v) is 8.12. The van der Waals surface area contributed by atoms with Crippen molar-refractivity contribution in [2.75, 3.05) is 27.8 Å². The number of methoxy groups -OCH3 is 2. The third-order valence-corrected chi connectivity index (χ3v) is 5.94. The first kappa shape index (κ1) is 23.6. The van der Waals surface area contributed by atoms with Crippen molar-refractivity contribution < 1.29 is 14.3 Å². The number of carbonyl (C=O) groups is 1. The number of esters is 1. The highest BCUT2D eigenvalue weighted by atomic mass is 16.5. The summed E-state index contributed by atoms with van der Waals surface area (Å²) in [5, 5.41) is 6.91. The van der Waals surface area contributed by atoms with Crippen LogP contribution in [0.25, 0.3) is 0 Å². The Morgan fingerprint density at radius 1 is 1.16 bits per heavy atom. The maximum absolute atomic E-state index is 12.0. The van der Waals surface area contributed by atoms with Crippen molar-refractivity contribution in [3.8, 4) is 5.75 Å². The first-order chi connectivity index (χ1) is 15.5. The zero-order valence-corrected chi connectivity index (χ0v) is 19.4. The molecule has 0 radical (unpaired) electrons. The number of aliphatic imine (C=N–C) groups is 1. The Hall–Kier alpha value is -3.06. The summed E-state index contributed by atoms with van der Waals surface area (Å²) < 4.78 is 10.1. The van der Waals surface area contributed by atoms with Crippen LogP contribution in [0.2, 0.25) is 0 Å². The number of nitrogens with zero attached hydrogens (tertiary/aromatic N) is 2. The van der Waals surface area contributed by atoms with E-state index in [0.29, 0.717) is 29.9 Å². The van der Waals surface area contributed by atoms with Gasteiger partial charge in [-0.2, -0.15) is 0 Å². The molecular weight excluding hydrogens is 404 g/mol. The predicted octanol–water partition coefficient (Wildman–Crippen LogP) is 3.20. The predicted molar refractivity (Wildman–Crippen MR) is 127 cm³/mol. The minimum Gasteiger partial charge on any atom is -0.496 e. The van der Waals surface area contributed by atoms with Crippen molar-refractivity contribution in [1.82, 2.24) is 15.5 Å². The van der Waals surface area contributed by atoms with Crippen LogP contribution < -0.4 is 15.4 Å². The van der Waals surface area contributed by atoms with Crippen LogP contribution in [0.3, 0.4) is 0 Å². The van der Waals surface area contributed by atoms with Crippen LogP contribution in [0.5, 0.6) is 5.75 Å². The maximum atomic E-state index is 12.0. The molecule has 7 heteroatoms. The Balaban J connectivity index is 1.53. The molecule has 3 rings (SSSR count). The van der Waals surface area contributed by atoms with Gasteiger partial charge in [0.1, 0.15) is 11.3 Å². The highest BCUT2D eigenvalue weighted by Crippen LogP contribution is 2.21. The molecule has 2 atom stereocenters. The molecule has 2 unspecified atom stereocenters. The lowest BCUT2D eigenvalue weighted by Crippen LogP contribution is -2.51. The van der Waals surface area contributed by atoms with Gasteiger partial charge in [-0.05, 0) is 43.0 Å². The molecule has 2 N–H and O–H groups in total. The summed E-state index contributed by atoms with van der Waals surface area (Å²) in [7, 11) is 4.68. The molecule has 0 aromatic heterocycles. The fourth-order valence-electron chi connectivity index (χ4n) is 4.11. The van der Waals surface area contributed by atoms with Gasteiger partial charge >= 0.3 is 5.97 Å². The van der Waals surface area contributed by atoms with Crippen LogP contribution in [-0.4, -0.2) is 56.7 Å². The second kappa shape index (κ2) is 11.5. The molecule has 0 aliphatic carbocycles. The summed E-state index contributed by atoms with van der Waals surface area (Å²) in [5.41, 5.74) is 2.71. The number of carbonyl (C=O) groups excluding carboxylic acids is 1. The van der Waals surface area contributed by atoms with E-state index in [1.807, 2.05) is 6.07 Å². The Labute approximate surface area is 190 Å². The summed E-state index contributed by atoms with van der Waals surface area (Å²) in [4.78, 5) is 18.9. The van der Waals surface area contributed by atoms with Gasteiger partial charge in [-0.1, -0.05) is 36.4 Å². The molecule has 7 nitrogen and oxygen atoms in total. The molecule has 1 aliphatic heterocycles. The zero-order chi connectivity index (χ0) is 22.9. The number of ether oxygens (including phenoxy) is 2. The van der Waals surface area contributed by atoms with Crippen LogP contribution in [0.1, 0.15) is 41.3 Å². The second-order valence-electron chi connectivity index (χ2n) is 8.12. The molecule has 1 aliphatic rings. The molecule has 1 heterocycles. The van der Waals surface area contributed by atoms with Crippen LogP contribution in [0.15, 0.2) is 53.5 Å². The summed E-state index contributed by atoms with van der Waals surface area (Å²) in [5.74, 6) is 0.843. The molecular formula is C25H34N4O3. The topological polar surface area (TPSA) is 75.2 Å². The van der Waals surface area contributed by atoms with Crippen LogP contribution in [0, 0.1) is 0 Å². The Morgan fingerprint density at radius 3 is 2.59 bits per heavy atom. The van der Waals surface area contributed by atoms with E-state index < -0.39 is 5.97 Å². The first-order valence-corrected chi connectivity index (χ1v) is 11.0. The number of hydrogen-bond acceptors (Lipinski definition) is 5. The van der Waals surface area contributed by atoms with Gasteiger partial charge in [0.15, 0.2) is 5.96 Å². The van der Waals surface area contributed by atoms with E-state index >= 15 is 0 Å². The maximum Gasteiger partial charge on any atom is 0.341 e. The van der Waals surface area contributed by atoms with E-state index in [0.717, 1.165) is 37.5 Å².